The van der Waals surface area contributed by atoms with Crippen LogP contribution in [0.15, 0.2) is 48.9 Å². The third kappa shape index (κ3) is 2.70. The molecule has 3 aromatic rings. The van der Waals surface area contributed by atoms with Crippen LogP contribution < -0.4 is 0 Å². The first-order valence-electron chi connectivity index (χ1n) is 7.59. The average molecular weight is 306 g/mol. The van der Waals surface area contributed by atoms with Crippen molar-refractivity contribution in [3.05, 3.63) is 71.6 Å². The Morgan fingerprint density at radius 1 is 0.957 bits per heavy atom. The predicted molar refractivity (Wildman–Crippen MR) is 84.3 cm³/mol. The maximum atomic E-state index is 13.7. The molecular weight excluding hydrogens is 291 g/mol. The Hall–Kier alpha value is -2.69. The van der Waals surface area contributed by atoms with Crippen LogP contribution >= 0.6 is 0 Å². The molecule has 0 bridgehead atoms. The summed E-state index contributed by atoms with van der Waals surface area (Å²) < 4.78 is 13.7. The molecular formula is C18H15FN4. The first kappa shape index (κ1) is 13.9. The molecule has 0 aliphatic heterocycles. The van der Waals surface area contributed by atoms with Gasteiger partial charge in [-0.25, -0.2) is 24.3 Å². The highest BCUT2D eigenvalue weighted by Crippen LogP contribution is 2.54. The van der Waals surface area contributed by atoms with Crippen LogP contribution in [0.5, 0.6) is 0 Å². The predicted octanol–water partition coefficient (Wildman–Crippen LogP) is 3.65. The molecule has 4 nitrogen and oxygen atoms in total. The Morgan fingerprint density at radius 2 is 1.74 bits per heavy atom. The quantitative estimate of drug-likeness (QED) is 0.741. The normalized spacial score (nSPS) is 19.6. The van der Waals surface area contributed by atoms with E-state index in [4.69, 9.17) is 0 Å². The van der Waals surface area contributed by atoms with Crippen molar-refractivity contribution >= 4 is 0 Å². The van der Waals surface area contributed by atoms with Crippen LogP contribution in [0.25, 0.3) is 11.6 Å². The van der Waals surface area contributed by atoms with Crippen molar-refractivity contribution in [3.63, 3.8) is 0 Å². The van der Waals surface area contributed by atoms with Gasteiger partial charge in [0.25, 0.3) is 0 Å². The van der Waals surface area contributed by atoms with Gasteiger partial charge in [0, 0.05) is 30.2 Å². The van der Waals surface area contributed by atoms with Gasteiger partial charge in [-0.3, -0.25) is 0 Å². The molecule has 0 N–H and O–H groups in total. The molecule has 23 heavy (non-hydrogen) atoms. The molecule has 2 aromatic heterocycles. The van der Waals surface area contributed by atoms with Crippen LogP contribution in [-0.4, -0.2) is 19.9 Å². The van der Waals surface area contributed by atoms with Gasteiger partial charge in [-0.2, -0.15) is 0 Å². The summed E-state index contributed by atoms with van der Waals surface area (Å²) in [6, 6.07) is 9.16. The minimum Gasteiger partial charge on any atom is -0.234 e. The first-order valence-corrected chi connectivity index (χ1v) is 7.59. The Morgan fingerprint density at radius 3 is 2.52 bits per heavy atom. The van der Waals surface area contributed by atoms with Gasteiger partial charge in [0.2, 0.25) is 0 Å². The lowest BCUT2D eigenvalue weighted by Crippen LogP contribution is -1.97. The summed E-state index contributed by atoms with van der Waals surface area (Å²) in [7, 11) is 0. The minimum absolute atomic E-state index is 0.144. The topological polar surface area (TPSA) is 51.6 Å². The van der Waals surface area contributed by atoms with Crippen molar-refractivity contribution in [1.82, 2.24) is 19.9 Å². The van der Waals surface area contributed by atoms with E-state index in [2.05, 4.69) is 19.9 Å². The SMILES string of the molecule is Cc1ccc(C2CC2c2ccnc(-c3ncccn3)n2)cc1F. The number of hydrogen-bond acceptors (Lipinski definition) is 4. The number of aryl methyl sites for hydroxylation is 1. The van der Waals surface area contributed by atoms with E-state index in [1.165, 1.54) is 0 Å². The molecule has 0 saturated heterocycles. The van der Waals surface area contributed by atoms with Crippen LogP contribution in [0.4, 0.5) is 4.39 Å². The molecule has 1 aliphatic carbocycles. The van der Waals surface area contributed by atoms with Crippen molar-refractivity contribution < 1.29 is 4.39 Å². The Labute approximate surface area is 133 Å². The average Bonchev–Trinajstić information content (AvgIpc) is 3.39. The zero-order chi connectivity index (χ0) is 15.8. The number of benzene rings is 1. The third-order valence-electron chi connectivity index (χ3n) is 4.24. The second-order valence-electron chi connectivity index (χ2n) is 5.83. The summed E-state index contributed by atoms with van der Waals surface area (Å²) in [5.41, 5.74) is 2.68. The standard InChI is InChI=1S/C18H15FN4/c1-11-3-4-12(9-15(11)19)13-10-14(13)16-5-8-22-18(23-16)17-20-6-2-7-21-17/h2-9,13-14H,10H2,1H3. The second-order valence-corrected chi connectivity index (χ2v) is 5.83. The van der Waals surface area contributed by atoms with Crippen LogP contribution in [0.2, 0.25) is 0 Å². The van der Waals surface area contributed by atoms with E-state index in [0.29, 0.717) is 29.0 Å². The zero-order valence-corrected chi connectivity index (χ0v) is 12.6. The smallest absolute Gasteiger partial charge is 0.197 e. The van der Waals surface area contributed by atoms with E-state index in [9.17, 15) is 4.39 Å². The van der Waals surface area contributed by atoms with E-state index < -0.39 is 0 Å². The van der Waals surface area contributed by atoms with Crippen LogP contribution in [0.1, 0.15) is 35.1 Å². The molecule has 2 unspecified atom stereocenters. The molecule has 2 atom stereocenters. The number of rotatable bonds is 3. The fourth-order valence-electron chi connectivity index (χ4n) is 2.83. The van der Waals surface area contributed by atoms with Crippen molar-refractivity contribution in [1.29, 1.82) is 0 Å². The molecule has 0 spiro atoms. The molecule has 2 heterocycles. The largest absolute Gasteiger partial charge is 0.234 e. The monoisotopic (exact) mass is 306 g/mol. The fourth-order valence-corrected chi connectivity index (χ4v) is 2.83. The van der Waals surface area contributed by atoms with E-state index in [0.717, 1.165) is 17.7 Å². The van der Waals surface area contributed by atoms with E-state index in [1.807, 2.05) is 18.2 Å². The Balaban J connectivity index is 1.59. The summed E-state index contributed by atoms with van der Waals surface area (Å²) in [6.07, 6.45) is 6.06. The van der Waals surface area contributed by atoms with Gasteiger partial charge < -0.3 is 0 Å². The highest BCUT2D eigenvalue weighted by atomic mass is 19.1. The van der Waals surface area contributed by atoms with Crippen LogP contribution in [0.3, 0.4) is 0 Å². The summed E-state index contributed by atoms with van der Waals surface area (Å²) in [4.78, 5) is 17.2. The zero-order valence-electron chi connectivity index (χ0n) is 12.6. The Kier molecular flexibility index (Phi) is 3.33. The summed E-state index contributed by atoms with van der Waals surface area (Å²) >= 11 is 0. The first-order chi connectivity index (χ1) is 11.2. The van der Waals surface area contributed by atoms with E-state index in [1.54, 1.807) is 37.6 Å². The lowest BCUT2D eigenvalue weighted by atomic mass is 10.1. The molecule has 114 valence electrons. The van der Waals surface area contributed by atoms with Gasteiger partial charge >= 0.3 is 0 Å². The molecule has 0 amide bonds. The number of halogens is 1. The van der Waals surface area contributed by atoms with Gasteiger partial charge in [0.15, 0.2) is 11.6 Å². The van der Waals surface area contributed by atoms with Gasteiger partial charge in [0.1, 0.15) is 5.82 Å². The maximum absolute atomic E-state index is 13.7. The summed E-state index contributed by atoms with van der Waals surface area (Å²) in [5.74, 6) is 1.54. The molecule has 1 aromatic carbocycles. The van der Waals surface area contributed by atoms with Crippen LogP contribution in [0, 0.1) is 12.7 Å². The number of aromatic nitrogens is 4. The van der Waals surface area contributed by atoms with Gasteiger partial charge in [-0.05, 0) is 48.6 Å². The van der Waals surface area contributed by atoms with Crippen molar-refractivity contribution in [3.8, 4) is 11.6 Å². The molecule has 1 fully saturated rings. The van der Waals surface area contributed by atoms with Gasteiger partial charge in [-0.1, -0.05) is 12.1 Å². The molecule has 1 aliphatic rings. The fraction of sp³-hybridized carbons (Fsp3) is 0.222. The van der Waals surface area contributed by atoms with E-state index >= 15 is 0 Å². The van der Waals surface area contributed by atoms with Gasteiger partial charge in [0.05, 0.1) is 0 Å². The summed E-state index contributed by atoms with van der Waals surface area (Å²) in [6.45, 7) is 1.78. The molecule has 5 heteroatoms. The molecule has 4 rings (SSSR count). The summed E-state index contributed by atoms with van der Waals surface area (Å²) in [5, 5.41) is 0. The number of nitrogens with zero attached hydrogens (tertiary/aromatic N) is 4. The van der Waals surface area contributed by atoms with E-state index in [-0.39, 0.29) is 5.82 Å². The highest BCUT2D eigenvalue weighted by Gasteiger charge is 2.41. The lowest BCUT2D eigenvalue weighted by molar-refractivity contribution is 0.616. The Bertz CT molecular complexity index is 851. The van der Waals surface area contributed by atoms with Crippen molar-refractivity contribution in [2.24, 2.45) is 0 Å². The minimum atomic E-state index is -0.144. The third-order valence-corrected chi connectivity index (χ3v) is 4.24. The second kappa shape index (κ2) is 5.50. The van der Waals surface area contributed by atoms with Crippen LogP contribution in [-0.2, 0) is 0 Å². The van der Waals surface area contributed by atoms with Crippen molar-refractivity contribution in [2.75, 3.05) is 0 Å². The lowest BCUT2D eigenvalue weighted by Gasteiger charge is -2.04. The number of hydrogen-bond donors (Lipinski definition) is 0. The molecule has 0 radical (unpaired) electrons. The molecule has 1 saturated carbocycles. The van der Waals surface area contributed by atoms with Crippen molar-refractivity contribution in [2.45, 2.75) is 25.2 Å². The van der Waals surface area contributed by atoms with Gasteiger partial charge in [-0.15, -0.1) is 0 Å². The highest BCUT2D eigenvalue weighted by molar-refractivity contribution is 5.43. The maximum Gasteiger partial charge on any atom is 0.197 e.